The summed E-state index contributed by atoms with van der Waals surface area (Å²) in [5.41, 5.74) is 2.79. The zero-order chi connectivity index (χ0) is 19.0. The van der Waals surface area contributed by atoms with Gasteiger partial charge in [-0.3, -0.25) is 4.79 Å². The van der Waals surface area contributed by atoms with Crippen molar-refractivity contribution in [2.75, 3.05) is 30.0 Å². The summed E-state index contributed by atoms with van der Waals surface area (Å²) in [6.45, 7) is 1.23. The second-order valence-electron chi connectivity index (χ2n) is 7.17. The van der Waals surface area contributed by atoms with E-state index in [0.717, 1.165) is 6.42 Å². The molecule has 3 heterocycles. The van der Waals surface area contributed by atoms with Gasteiger partial charge in [0.1, 0.15) is 17.8 Å². The number of amides is 1. The Hall–Kier alpha value is -2.48. The lowest BCUT2D eigenvalue weighted by atomic mass is 10.00. The van der Waals surface area contributed by atoms with Crippen molar-refractivity contribution in [3.8, 4) is 0 Å². The minimum absolute atomic E-state index is 0.116. The van der Waals surface area contributed by atoms with Gasteiger partial charge in [-0.2, -0.15) is 0 Å². The first-order valence-electron chi connectivity index (χ1n) is 9.04. The number of aromatic nitrogens is 2. The maximum Gasteiger partial charge on any atom is 0.272 e. The lowest BCUT2D eigenvalue weighted by molar-refractivity contribution is 0.0728. The Balaban J connectivity index is 1.52. The zero-order valence-electron chi connectivity index (χ0n) is 15.2. The molecule has 0 aliphatic carbocycles. The molecular weight excluding hydrogens is 364 g/mol. The van der Waals surface area contributed by atoms with E-state index >= 15 is 0 Å². The van der Waals surface area contributed by atoms with Gasteiger partial charge in [0.2, 0.25) is 0 Å². The third-order valence-electron chi connectivity index (χ3n) is 5.41. The van der Waals surface area contributed by atoms with Crippen LogP contribution in [0.4, 0.5) is 5.82 Å². The molecule has 2 aliphatic heterocycles. The van der Waals surface area contributed by atoms with E-state index in [1.165, 1.54) is 17.5 Å². The largest absolute Gasteiger partial charge is 0.356 e. The smallest absolute Gasteiger partial charge is 0.272 e. The van der Waals surface area contributed by atoms with Crippen molar-refractivity contribution in [2.24, 2.45) is 0 Å². The van der Waals surface area contributed by atoms with Crippen LogP contribution in [-0.4, -0.2) is 60.3 Å². The van der Waals surface area contributed by atoms with Gasteiger partial charge in [0, 0.05) is 32.2 Å². The number of nitrogens with zero attached hydrogens (tertiary/aromatic N) is 4. The lowest BCUT2D eigenvalue weighted by Crippen LogP contribution is -2.37. The van der Waals surface area contributed by atoms with Crippen molar-refractivity contribution in [3.05, 3.63) is 53.5 Å². The molecule has 1 amide bonds. The molecule has 0 radical (unpaired) electrons. The third kappa shape index (κ3) is 3.66. The molecule has 2 aromatic rings. The average molecular weight is 386 g/mol. The van der Waals surface area contributed by atoms with Crippen LogP contribution in [0.5, 0.6) is 0 Å². The molecule has 0 N–H and O–H groups in total. The SMILES string of the molecule is CN(c1cc(C(=O)N2CCc3ccccc3C2)ncn1)C1CCS(=O)(=O)C1. The summed E-state index contributed by atoms with van der Waals surface area (Å²) in [6, 6.07) is 9.70. The van der Waals surface area contributed by atoms with Gasteiger partial charge in [-0.05, 0) is 24.0 Å². The van der Waals surface area contributed by atoms with Crippen molar-refractivity contribution in [2.45, 2.75) is 25.4 Å². The van der Waals surface area contributed by atoms with Gasteiger partial charge in [0.05, 0.1) is 11.5 Å². The number of anilines is 1. The molecule has 2 aliphatic rings. The quantitative estimate of drug-likeness (QED) is 0.791. The standard InChI is InChI=1S/C19H22N4O3S/c1-22(16-7-9-27(25,26)12-16)18-10-17(20-13-21-18)19(24)23-8-6-14-4-2-3-5-15(14)11-23/h2-5,10,13,16H,6-9,11-12H2,1H3. The summed E-state index contributed by atoms with van der Waals surface area (Å²) >= 11 is 0. The normalized spacial score (nSPS) is 20.9. The Labute approximate surface area is 159 Å². The first kappa shape index (κ1) is 17.9. The molecule has 142 valence electrons. The van der Waals surface area contributed by atoms with Crippen molar-refractivity contribution in [1.82, 2.24) is 14.9 Å². The Morgan fingerprint density at radius 2 is 2.00 bits per heavy atom. The van der Waals surface area contributed by atoms with Gasteiger partial charge in [0.25, 0.3) is 5.91 Å². The highest BCUT2D eigenvalue weighted by atomic mass is 32.2. The van der Waals surface area contributed by atoms with E-state index in [-0.39, 0.29) is 23.5 Å². The summed E-state index contributed by atoms with van der Waals surface area (Å²) in [6.07, 6.45) is 2.79. The van der Waals surface area contributed by atoms with Gasteiger partial charge in [0.15, 0.2) is 9.84 Å². The van der Waals surface area contributed by atoms with Crippen LogP contribution in [-0.2, 0) is 22.8 Å². The molecule has 0 saturated carbocycles. The number of hydrogen-bond donors (Lipinski definition) is 0. The molecule has 1 saturated heterocycles. The lowest BCUT2D eigenvalue weighted by Gasteiger charge is -2.29. The molecule has 27 heavy (non-hydrogen) atoms. The van der Waals surface area contributed by atoms with Crippen LogP contribution in [0.2, 0.25) is 0 Å². The predicted octanol–water partition coefficient (Wildman–Crippen LogP) is 1.30. The van der Waals surface area contributed by atoms with Crippen molar-refractivity contribution in [3.63, 3.8) is 0 Å². The minimum atomic E-state index is -2.98. The van der Waals surface area contributed by atoms with Crippen LogP contribution in [0, 0.1) is 0 Å². The van der Waals surface area contributed by atoms with Gasteiger partial charge >= 0.3 is 0 Å². The average Bonchev–Trinajstić information content (AvgIpc) is 3.06. The molecular formula is C19H22N4O3S. The van der Waals surface area contributed by atoms with Gasteiger partial charge < -0.3 is 9.80 Å². The first-order chi connectivity index (χ1) is 12.9. The van der Waals surface area contributed by atoms with Gasteiger partial charge in [-0.1, -0.05) is 24.3 Å². The van der Waals surface area contributed by atoms with Crippen LogP contribution in [0.25, 0.3) is 0 Å². The minimum Gasteiger partial charge on any atom is -0.356 e. The van der Waals surface area contributed by atoms with E-state index in [2.05, 4.69) is 22.1 Å². The Bertz CT molecular complexity index is 976. The van der Waals surface area contributed by atoms with E-state index in [1.54, 1.807) is 11.0 Å². The topological polar surface area (TPSA) is 83.5 Å². The van der Waals surface area contributed by atoms with Crippen LogP contribution < -0.4 is 4.90 Å². The number of sulfone groups is 1. The fraction of sp³-hybridized carbons (Fsp3) is 0.421. The van der Waals surface area contributed by atoms with Gasteiger partial charge in [-0.15, -0.1) is 0 Å². The fourth-order valence-corrected chi connectivity index (χ4v) is 5.53. The molecule has 0 bridgehead atoms. The number of carbonyl (C=O) groups excluding carboxylic acids is 1. The summed E-state index contributed by atoms with van der Waals surface area (Å²) in [4.78, 5) is 25.0. The summed E-state index contributed by atoms with van der Waals surface area (Å²) in [7, 11) is -1.16. The Morgan fingerprint density at radius 3 is 2.74 bits per heavy atom. The number of fused-ring (bicyclic) bond motifs is 1. The molecule has 1 fully saturated rings. The molecule has 1 unspecified atom stereocenters. The van der Waals surface area contributed by atoms with Crippen molar-refractivity contribution < 1.29 is 13.2 Å². The van der Waals surface area contributed by atoms with E-state index in [9.17, 15) is 13.2 Å². The first-order valence-corrected chi connectivity index (χ1v) is 10.9. The second-order valence-corrected chi connectivity index (χ2v) is 9.40. The second kappa shape index (κ2) is 6.92. The molecule has 4 rings (SSSR count). The summed E-state index contributed by atoms with van der Waals surface area (Å²) in [5.74, 6) is 0.777. The van der Waals surface area contributed by atoms with Crippen LogP contribution >= 0.6 is 0 Å². The van der Waals surface area contributed by atoms with Gasteiger partial charge in [-0.25, -0.2) is 18.4 Å². The van der Waals surface area contributed by atoms with E-state index in [1.807, 2.05) is 24.1 Å². The Kier molecular flexibility index (Phi) is 4.59. The number of hydrogen-bond acceptors (Lipinski definition) is 6. The Morgan fingerprint density at radius 1 is 1.22 bits per heavy atom. The number of rotatable bonds is 3. The molecule has 8 heteroatoms. The highest BCUT2D eigenvalue weighted by Gasteiger charge is 2.32. The maximum atomic E-state index is 12.9. The molecule has 1 aromatic heterocycles. The predicted molar refractivity (Wildman–Crippen MR) is 102 cm³/mol. The summed E-state index contributed by atoms with van der Waals surface area (Å²) in [5, 5.41) is 0. The van der Waals surface area contributed by atoms with Crippen molar-refractivity contribution in [1.29, 1.82) is 0 Å². The molecule has 0 spiro atoms. The zero-order valence-corrected chi connectivity index (χ0v) is 16.0. The van der Waals surface area contributed by atoms with Crippen LogP contribution in [0.3, 0.4) is 0 Å². The number of carbonyl (C=O) groups is 1. The molecule has 7 nitrogen and oxygen atoms in total. The maximum absolute atomic E-state index is 12.9. The third-order valence-corrected chi connectivity index (χ3v) is 7.16. The monoisotopic (exact) mass is 386 g/mol. The van der Waals surface area contributed by atoms with E-state index < -0.39 is 9.84 Å². The number of benzene rings is 1. The fourth-order valence-electron chi connectivity index (χ4n) is 3.76. The highest BCUT2D eigenvalue weighted by molar-refractivity contribution is 7.91. The molecule has 1 aromatic carbocycles. The highest BCUT2D eigenvalue weighted by Crippen LogP contribution is 2.23. The van der Waals surface area contributed by atoms with E-state index in [0.29, 0.717) is 31.0 Å². The van der Waals surface area contributed by atoms with Crippen LogP contribution in [0.15, 0.2) is 36.7 Å². The summed E-state index contributed by atoms with van der Waals surface area (Å²) < 4.78 is 23.5. The van der Waals surface area contributed by atoms with E-state index in [4.69, 9.17) is 0 Å². The molecule has 1 atom stereocenters. The van der Waals surface area contributed by atoms with Crippen LogP contribution in [0.1, 0.15) is 28.0 Å². The van der Waals surface area contributed by atoms with Crippen molar-refractivity contribution >= 4 is 21.6 Å².